The number of hydrogen-bond donors (Lipinski definition) is 2. The van der Waals surface area contributed by atoms with Gasteiger partial charge < -0.3 is 14.7 Å². The van der Waals surface area contributed by atoms with E-state index in [0.717, 1.165) is 0 Å². The number of pyridine rings is 1. The van der Waals surface area contributed by atoms with Crippen molar-refractivity contribution in [3.05, 3.63) is 86.7 Å². The lowest BCUT2D eigenvalue weighted by atomic mass is 9.84. The third-order valence-corrected chi connectivity index (χ3v) is 4.95. The van der Waals surface area contributed by atoms with E-state index in [9.17, 15) is 14.4 Å². The maximum Gasteiger partial charge on any atom is 0.261 e. The summed E-state index contributed by atoms with van der Waals surface area (Å²) in [5.41, 5.74) is 0.601. The molecule has 3 aromatic rings. The molecule has 1 aliphatic carbocycles. The Balaban J connectivity index is 1.65. The summed E-state index contributed by atoms with van der Waals surface area (Å²) in [5, 5.41) is 2.96. The summed E-state index contributed by atoms with van der Waals surface area (Å²) in [7, 11) is 0. The molecule has 0 bridgehead atoms. The van der Waals surface area contributed by atoms with E-state index in [1.807, 2.05) is 6.07 Å². The van der Waals surface area contributed by atoms with Crippen molar-refractivity contribution in [2.24, 2.45) is 0 Å². The van der Waals surface area contributed by atoms with Crippen LogP contribution in [0.25, 0.3) is 0 Å². The van der Waals surface area contributed by atoms with Gasteiger partial charge in [0.2, 0.25) is 0 Å². The zero-order chi connectivity index (χ0) is 19.0. The van der Waals surface area contributed by atoms with Crippen LogP contribution in [0.5, 0.6) is 0 Å². The second-order valence-corrected chi connectivity index (χ2v) is 6.79. The Kier molecular flexibility index (Phi) is 4.41. The second kappa shape index (κ2) is 6.89. The number of aromatic nitrogens is 1. The lowest BCUT2D eigenvalue weighted by Crippen LogP contribution is -2.29. The monoisotopic (exact) mass is 382 g/mol. The molecular weight excluding hydrogens is 368 g/mol. The summed E-state index contributed by atoms with van der Waals surface area (Å²) in [6.07, 6.45) is 2.29. The van der Waals surface area contributed by atoms with Gasteiger partial charge in [-0.1, -0.05) is 23.7 Å². The van der Waals surface area contributed by atoms with Crippen LogP contribution in [-0.2, 0) is 6.42 Å². The Bertz CT molecular complexity index is 1090. The molecule has 0 spiro atoms. The summed E-state index contributed by atoms with van der Waals surface area (Å²) in [6.45, 7) is 0. The number of amides is 1. The van der Waals surface area contributed by atoms with Crippen molar-refractivity contribution in [1.82, 2.24) is 4.98 Å². The van der Waals surface area contributed by atoms with E-state index >= 15 is 0 Å². The molecule has 1 atom stereocenters. The number of furan rings is 1. The summed E-state index contributed by atoms with van der Waals surface area (Å²) >= 11 is 6.04. The molecule has 1 aliphatic rings. The number of anilines is 1. The maximum atomic E-state index is 12.6. The maximum absolute atomic E-state index is 12.6. The third kappa shape index (κ3) is 3.31. The summed E-state index contributed by atoms with van der Waals surface area (Å²) in [4.78, 5) is 40.2. The first-order chi connectivity index (χ1) is 13.0. The number of nitrogens with one attached hydrogen (secondary N) is 2. The highest BCUT2D eigenvalue weighted by atomic mass is 35.5. The Morgan fingerprint density at radius 2 is 1.96 bits per heavy atom. The van der Waals surface area contributed by atoms with Gasteiger partial charge in [-0.25, -0.2) is 0 Å². The third-order valence-electron chi connectivity index (χ3n) is 4.62. The minimum atomic E-state index is -0.617. The van der Waals surface area contributed by atoms with E-state index in [1.165, 1.54) is 6.07 Å². The van der Waals surface area contributed by atoms with Gasteiger partial charge in [0.1, 0.15) is 11.3 Å². The van der Waals surface area contributed by atoms with Gasteiger partial charge in [0.25, 0.3) is 11.5 Å². The average Bonchev–Trinajstić information content (AvgIpc) is 3.17. The fourth-order valence-electron chi connectivity index (χ4n) is 3.28. The standard InChI is InChI=1S/C20H15ClN2O4/c21-14-4-1-2-5-15(14)22-19(25)13-10-12-16(23-20(13)26)8-11(9-17(12)24)18-6-3-7-27-18/h1-7,10-11H,8-9H2,(H,22,25)(H,23,26)/t11-/m1/s1. The van der Waals surface area contributed by atoms with Crippen molar-refractivity contribution in [3.8, 4) is 0 Å². The number of carbonyl (C=O) groups excluding carboxylic acids is 2. The van der Waals surface area contributed by atoms with Crippen LogP contribution in [0.15, 0.2) is 57.9 Å². The molecule has 0 saturated heterocycles. The summed E-state index contributed by atoms with van der Waals surface area (Å²) in [6, 6.07) is 11.7. The smallest absolute Gasteiger partial charge is 0.261 e. The first kappa shape index (κ1) is 17.3. The fourth-order valence-corrected chi connectivity index (χ4v) is 3.46. The number of hydrogen-bond acceptors (Lipinski definition) is 4. The van der Waals surface area contributed by atoms with Gasteiger partial charge >= 0.3 is 0 Å². The van der Waals surface area contributed by atoms with Crippen molar-refractivity contribution in [2.75, 3.05) is 5.32 Å². The number of carbonyl (C=O) groups is 2. The molecule has 0 radical (unpaired) electrons. The Hall–Kier alpha value is -3.12. The van der Waals surface area contributed by atoms with Crippen LogP contribution in [-0.4, -0.2) is 16.7 Å². The number of fused-ring (bicyclic) bond motifs is 1. The number of benzene rings is 1. The first-order valence-electron chi connectivity index (χ1n) is 8.41. The Labute approximate surface area is 159 Å². The average molecular weight is 383 g/mol. The molecule has 7 heteroatoms. The summed E-state index contributed by atoms with van der Waals surface area (Å²) < 4.78 is 5.39. The minimum Gasteiger partial charge on any atom is -0.469 e. The molecule has 0 aliphatic heterocycles. The van der Waals surface area contributed by atoms with Crippen LogP contribution in [0.3, 0.4) is 0 Å². The number of Topliss-reactive ketones (excluding diaryl/α,β-unsaturated/α-hetero) is 1. The molecule has 136 valence electrons. The van der Waals surface area contributed by atoms with Gasteiger partial charge in [0.15, 0.2) is 5.78 Å². The Morgan fingerprint density at radius 3 is 2.70 bits per heavy atom. The highest BCUT2D eigenvalue weighted by Gasteiger charge is 2.30. The lowest BCUT2D eigenvalue weighted by molar-refractivity contribution is 0.0959. The zero-order valence-electron chi connectivity index (χ0n) is 14.1. The normalized spacial score (nSPS) is 16.0. The lowest BCUT2D eigenvalue weighted by Gasteiger charge is -2.22. The number of H-pyrrole nitrogens is 1. The van der Waals surface area contributed by atoms with E-state index in [2.05, 4.69) is 10.3 Å². The number of para-hydroxylation sites is 1. The van der Waals surface area contributed by atoms with Crippen molar-refractivity contribution in [3.63, 3.8) is 0 Å². The van der Waals surface area contributed by atoms with Gasteiger partial charge in [-0.3, -0.25) is 14.4 Å². The molecule has 6 nitrogen and oxygen atoms in total. The molecule has 2 heterocycles. The fraction of sp³-hybridized carbons (Fsp3) is 0.150. The van der Waals surface area contributed by atoms with E-state index in [1.54, 1.807) is 36.6 Å². The molecule has 2 N–H and O–H groups in total. The van der Waals surface area contributed by atoms with E-state index in [0.29, 0.717) is 34.1 Å². The number of ketones is 1. The van der Waals surface area contributed by atoms with E-state index in [-0.39, 0.29) is 23.7 Å². The number of rotatable bonds is 3. The van der Waals surface area contributed by atoms with Gasteiger partial charge in [-0.05, 0) is 36.8 Å². The van der Waals surface area contributed by atoms with Crippen molar-refractivity contribution in [2.45, 2.75) is 18.8 Å². The summed E-state index contributed by atoms with van der Waals surface area (Å²) in [5.74, 6) is -0.178. The van der Waals surface area contributed by atoms with Crippen molar-refractivity contribution >= 4 is 29.0 Å². The molecule has 0 fully saturated rings. The van der Waals surface area contributed by atoms with Crippen LogP contribution in [0, 0.1) is 0 Å². The molecule has 1 aromatic carbocycles. The molecule has 0 unspecified atom stereocenters. The predicted molar refractivity (Wildman–Crippen MR) is 101 cm³/mol. The Morgan fingerprint density at radius 1 is 1.15 bits per heavy atom. The predicted octanol–water partition coefficient (Wildman–Crippen LogP) is 3.79. The van der Waals surface area contributed by atoms with E-state index in [4.69, 9.17) is 16.0 Å². The minimum absolute atomic E-state index is 0.126. The molecular formula is C20H15ClN2O4. The number of aromatic amines is 1. The van der Waals surface area contributed by atoms with Gasteiger partial charge in [-0.15, -0.1) is 0 Å². The van der Waals surface area contributed by atoms with Crippen LogP contribution in [0.4, 0.5) is 5.69 Å². The first-order valence-corrected chi connectivity index (χ1v) is 8.79. The molecule has 2 aromatic heterocycles. The quantitative estimate of drug-likeness (QED) is 0.720. The largest absolute Gasteiger partial charge is 0.469 e. The van der Waals surface area contributed by atoms with Crippen molar-refractivity contribution < 1.29 is 14.0 Å². The van der Waals surface area contributed by atoms with Crippen LogP contribution in [0.2, 0.25) is 5.02 Å². The highest BCUT2D eigenvalue weighted by Crippen LogP contribution is 2.32. The van der Waals surface area contributed by atoms with Gasteiger partial charge in [-0.2, -0.15) is 0 Å². The highest BCUT2D eigenvalue weighted by molar-refractivity contribution is 6.33. The second-order valence-electron chi connectivity index (χ2n) is 6.38. The van der Waals surface area contributed by atoms with E-state index < -0.39 is 11.5 Å². The molecule has 4 rings (SSSR count). The molecule has 27 heavy (non-hydrogen) atoms. The van der Waals surface area contributed by atoms with Gasteiger partial charge in [0, 0.05) is 23.6 Å². The topological polar surface area (TPSA) is 92.2 Å². The zero-order valence-corrected chi connectivity index (χ0v) is 14.9. The SMILES string of the molecule is O=C1C[C@H](c2ccco2)Cc2[nH]c(=O)c(C(=O)Nc3ccccc3Cl)cc21. The van der Waals surface area contributed by atoms with Crippen LogP contribution >= 0.6 is 11.6 Å². The van der Waals surface area contributed by atoms with Gasteiger partial charge in [0.05, 0.1) is 17.0 Å². The van der Waals surface area contributed by atoms with Crippen LogP contribution < -0.4 is 10.9 Å². The van der Waals surface area contributed by atoms with Crippen molar-refractivity contribution in [1.29, 1.82) is 0 Å². The van der Waals surface area contributed by atoms with Crippen LogP contribution in [0.1, 0.15) is 44.5 Å². The number of halogens is 1. The molecule has 0 saturated carbocycles. The molecule has 1 amide bonds.